The fourth-order valence-corrected chi connectivity index (χ4v) is 3.61. The number of aromatic nitrogens is 3. The van der Waals surface area contributed by atoms with Gasteiger partial charge in [-0.3, -0.25) is 4.79 Å². The smallest absolute Gasteiger partial charge is 0.270 e. The maximum absolute atomic E-state index is 14.1. The first-order valence-corrected chi connectivity index (χ1v) is 10.1. The van der Waals surface area contributed by atoms with Crippen LogP contribution >= 0.6 is 0 Å². The molecular weight excluding hydrogens is 411 g/mol. The molecule has 0 aliphatic carbocycles. The van der Waals surface area contributed by atoms with Crippen molar-refractivity contribution in [3.8, 4) is 17.1 Å². The van der Waals surface area contributed by atoms with E-state index >= 15 is 0 Å². The quantitative estimate of drug-likeness (QED) is 0.414. The van der Waals surface area contributed by atoms with Crippen molar-refractivity contribution < 1.29 is 19.0 Å². The van der Waals surface area contributed by atoms with E-state index in [1.807, 2.05) is 30.5 Å². The van der Waals surface area contributed by atoms with Gasteiger partial charge in [0.1, 0.15) is 5.69 Å². The van der Waals surface area contributed by atoms with Gasteiger partial charge in [0.05, 0.1) is 19.8 Å². The van der Waals surface area contributed by atoms with Gasteiger partial charge in [0, 0.05) is 28.4 Å². The Morgan fingerprint density at radius 2 is 2.03 bits per heavy atom. The molecule has 4 rings (SSSR count). The first-order valence-electron chi connectivity index (χ1n) is 10.1. The van der Waals surface area contributed by atoms with Gasteiger partial charge in [-0.15, -0.1) is 0 Å². The van der Waals surface area contributed by atoms with Crippen LogP contribution in [0.15, 0.2) is 54.7 Å². The molecule has 1 atom stereocenters. The number of aliphatic hydroxyl groups excluding tert-OH is 1. The minimum atomic E-state index is -0.541. The van der Waals surface area contributed by atoms with Crippen LogP contribution in [0.25, 0.3) is 22.3 Å². The largest absolute Gasteiger partial charge is 0.494 e. The molecular formula is C24H23FN4O3. The predicted molar refractivity (Wildman–Crippen MR) is 119 cm³/mol. The van der Waals surface area contributed by atoms with Crippen LogP contribution in [0.1, 0.15) is 21.7 Å². The molecule has 0 aliphatic heterocycles. The highest BCUT2D eigenvalue weighted by molar-refractivity contribution is 5.93. The van der Waals surface area contributed by atoms with Gasteiger partial charge in [0.15, 0.2) is 17.4 Å². The van der Waals surface area contributed by atoms with E-state index in [9.17, 15) is 14.3 Å². The lowest BCUT2D eigenvalue weighted by Crippen LogP contribution is -2.39. The third kappa shape index (κ3) is 4.45. The van der Waals surface area contributed by atoms with Crippen molar-refractivity contribution in [2.45, 2.75) is 19.4 Å². The summed E-state index contributed by atoms with van der Waals surface area (Å²) in [5, 5.41) is 13.7. The van der Waals surface area contributed by atoms with Crippen molar-refractivity contribution in [1.82, 2.24) is 20.3 Å². The van der Waals surface area contributed by atoms with E-state index in [0.717, 1.165) is 16.5 Å². The highest BCUT2D eigenvalue weighted by Gasteiger charge is 2.18. The normalized spacial score (nSPS) is 12.0. The number of carbonyl (C=O) groups is 1. The van der Waals surface area contributed by atoms with Crippen LogP contribution in [0, 0.1) is 12.7 Å². The summed E-state index contributed by atoms with van der Waals surface area (Å²) in [4.78, 5) is 24.7. The average molecular weight is 434 g/mol. The number of rotatable bonds is 7. The van der Waals surface area contributed by atoms with Gasteiger partial charge in [-0.25, -0.2) is 14.4 Å². The molecule has 4 aromatic rings. The van der Waals surface area contributed by atoms with E-state index in [1.54, 1.807) is 19.1 Å². The number of aliphatic hydroxyl groups is 1. The van der Waals surface area contributed by atoms with E-state index in [0.29, 0.717) is 17.7 Å². The fraction of sp³-hybridized carbons (Fsp3) is 0.208. The van der Waals surface area contributed by atoms with Crippen LogP contribution in [0.5, 0.6) is 5.75 Å². The minimum Gasteiger partial charge on any atom is -0.494 e. The number of carbonyl (C=O) groups excluding carboxylic acids is 1. The molecule has 0 saturated carbocycles. The molecule has 0 bridgehead atoms. The average Bonchev–Trinajstić information content (AvgIpc) is 3.21. The van der Waals surface area contributed by atoms with Crippen molar-refractivity contribution >= 4 is 16.8 Å². The second-order valence-electron chi connectivity index (χ2n) is 7.48. The Balaban J connectivity index is 1.55. The number of aromatic amines is 1. The van der Waals surface area contributed by atoms with Gasteiger partial charge in [-0.1, -0.05) is 18.2 Å². The summed E-state index contributed by atoms with van der Waals surface area (Å²) in [6.45, 7) is 1.50. The number of benzene rings is 2. The van der Waals surface area contributed by atoms with Crippen LogP contribution in [-0.4, -0.2) is 45.7 Å². The minimum absolute atomic E-state index is 0.113. The first kappa shape index (κ1) is 21.5. The molecule has 0 unspecified atom stereocenters. The Hall–Kier alpha value is -3.78. The molecule has 164 valence electrons. The second kappa shape index (κ2) is 9.15. The fourth-order valence-electron chi connectivity index (χ4n) is 3.61. The maximum Gasteiger partial charge on any atom is 0.270 e. The summed E-state index contributed by atoms with van der Waals surface area (Å²) < 4.78 is 19.1. The van der Waals surface area contributed by atoms with Crippen molar-refractivity contribution in [3.05, 3.63) is 77.5 Å². The van der Waals surface area contributed by atoms with E-state index in [-0.39, 0.29) is 23.9 Å². The zero-order valence-electron chi connectivity index (χ0n) is 17.7. The Bertz CT molecular complexity index is 1270. The van der Waals surface area contributed by atoms with Gasteiger partial charge in [-0.2, -0.15) is 0 Å². The number of halogens is 1. The monoisotopic (exact) mass is 434 g/mol. The molecule has 0 fully saturated rings. The van der Waals surface area contributed by atoms with Gasteiger partial charge >= 0.3 is 0 Å². The van der Waals surface area contributed by atoms with Crippen LogP contribution < -0.4 is 10.1 Å². The van der Waals surface area contributed by atoms with E-state index in [4.69, 9.17) is 4.74 Å². The van der Waals surface area contributed by atoms with Crippen LogP contribution in [0.2, 0.25) is 0 Å². The number of amides is 1. The summed E-state index contributed by atoms with van der Waals surface area (Å²) in [5.74, 6) is -0.638. The van der Waals surface area contributed by atoms with Crippen molar-refractivity contribution in [3.63, 3.8) is 0 Å². The second-order valence-corrected chi connectivity index (χ2v) is 7.48. The molecule has 2 aromatic carbocycles. The predicted octanol–water partition coefficient (Wildman–Crippen LogP) is 3.41. The van der Waals surface area contributed by atoms with Gasteiger partial charge in [0.2, 0.25) is 0 Å². The molecule has 0 aliphatic rings. The molecule has 3 N–H and O–H groups in total. The summed E-state index contributed by atoms with van der Waals surface area (Å²) in [7, 11) is 1.39. The number of H-pyrrole nitrogens is 1. The summed E-state index contributed by atoms with van der Waals surface area (Å²) >= 11 is 0. The third-order valence-electron chi connectivity index (χ3n) is 5.19. The highest BCUT2D eigenvalue weighted by Crippen LogP contribution is 2.24. The van der Waals surface area contributed by atoms with Crippen molar-refractivity contribution in [2.24, 2.45) is 0 Å². The molecule has 2 heterocycles. The zero-order valence-corrected chi connectivity index (χ0v) is 17.7. The molecule has 2 aromatic heterocycles. The number of fused-ring (bicyclic) bond motifs is 1. The molecule has 8 heteroatoms. The number of hydrogen-bond acceptors (Lipinski definition) is 5. The molecule has 0 radical (unpaired) electrons. The summed E-state index contributed by atoms with van der Waals surface area (Å²) in [6, 6.07) is 13.3. The Morgan fingerprint density at radius 3 is 2.78 bits per heavy atom. The van der Waals surface area contributed by atoms with Gasteiger partial charge in [-0.05, 0) is 49.2 Å². The topological polar surface area (TPSA) is 100 Å². The summed E-state index contributed by atoms with van der Waals surface area (Å²) in [6.07, 6.45) is 2.33. The van der Waals surface area contributed by atoms with E-state index < -0.39 is 17.8 Å². The number of nitrogens with one attached hydrogen (secondary N) is 2. The standard InChI is InChI=1S/C24H23FN4O3/c1-14-9-21(29-23(27-14)15-7-8-22(32-2)19(25)11-15)24(31)28-17(13-30)10-16-12-26-20-6-4-3-5-18(16)20/h3-9,11-12,17,26,30H,10,13H2,1-2H3,(H,28,31)/t17-/m1/s1. The lowest BCUT2D eigenvalue weighted by Gasteiger charge is -2.16. The van der Waals surface area contributed by atoms with Crippen LogP contribution in [0.3, 0.4) is 0 Å². The van der Waals surface area contributed by atoms with Crippen LogP contribution in [-0.2, 0) is 6.42 Å². The number of hydrogen-bond donors (Lipinski definition) is 3. The van der Waals surface area contributed by atoms with Crippen LogP contribution in [0.4, 0.5) is 4.39 Å². The third-order valence-corrected chi connectivity index (χ3v) is 5.19. The zero-order chi connectivity index (χ0) is 22.7. The van der Waals surface area contributed by atoms with Crippen molar-refractivity contribution in [1.29, 1.82) is 0 Å². The Kier molecular flexibility index (Phi) is 6.13. The number of para-hydroxylation sites is 1. The van der Waals surface area contributed by atoms with Gasteiger partial charge < -0.3 is 20.1 Å². The molecule has 0 saturated heterocycles. The Morgan fingerprint density at radius 1 is 1.22 bits per heavy atom. The molecule has 7 nitrogen and oxygen atoms in total. The van der Waals surface area contributed by atoms with Gasteiger partial charge in [0.25, 0.3) is 5.91 Å². The molecule has 0 spiro atoms. The highest BCUT2D eigenvalue weighted by atomic mass is 19.1. The summed E-state index contributed by atoms with van der Waals surface area (Å²) in [5.41, 5.74) is 3.12. The Labute approximate surface area is 184 Å². The number of aryl methyl sites for hydroxylation is 1. The molecule has 1 amide bonds. The van der Waals surface area contributed by atoms with Crippen molar-refractivity contribution in [2.75, 3.05) is 13.7 Å². The SMILES string of the molecule is COc1ccc(-c2nc(C)cc(C(=O)N[C@@H](CO)Cc3c[nH]c4ccccc34)n2)cc1F. The lowest BCUT2D eigenvalue weighted by atomic mass is 10.1. The number of nitrogens with zero attached hydrogens (tertiary/aromatic N) is 2. The number of ether oxygens (including phenoxy) is 1. The maximum atomic E-state index is 14.1. The van der Waals surface area contributed by atoms with E-state index in [2.05, 4.69) is 20.3 Å². The molecule has 32 heavy (non-hydrogen) atoms. The lowest BCUT2D eigenvalue weighted by molar-refractivity contribution is 0.0911. The van der Waals surface area contributed by atoms with E-state index in [1.165, 1.54) is 19.2 Å². The number of methoxy groups -OCH3 is 1. The first-order chi connectivity index (χ1) is 15.5.